The summed E-state index contributed by atoms with van der Waals surface area (Å²) in [7, 11) is 0. The van der Waals surface area contributed by atoms with E-state index in [0.29, 0.717) is 24.0 Å². The molecular weight excluding hydrogens is 312 g/mol. The summed E-state index contributed by atoms with van der Waals surface area (Å²) in [5.41, 5.74) is 7.51. The van der Waals surface area contributed by atoms with E-state index in [-0.39, 0.29) is 5.91 Å². The van der Waals surface area contributed by atoms with Crippen LogP contribution < -0.4 is 11.1 Å². The maximum absolute atomic E-state index is 12.2. The topological polar surface area (TPSA) is 71.2 Å². The molecule has 1 fully saturated rings. The Hall–Kier alpha value is -2.40. The SMILES string of the molecule is Nc1ccc(C(=O)NCC2CCCN2CCCc2ccccc2)cn1. The Labute approximate surface area is 149 Å². The molecule has 3 rings (SSSR count). The largest absolute Gasteiger partial charge is 0.384 e. The van der Waals surface area contributed by atoms with Crippen LogP contribution in [0.3, 0.4) is 0 Å². The van der Waals surface area contributed by atoms with Gasteiger partial charge in [0.1, 0.15) is 5.82 Å². The number of carbonyl (C=O) groups excluding carboxylic acids is 1. The molecule has 5 nitrogen and oxygen atoms in total. The zero-order valence-electron chi connectivity index (χ0n) is 14.5. The third-order valence-corrected chi connectivity index (χ3v) is 4.80. The van der Waals surface area contributed by atoms with E-state index in [2.05, 4.69) is 45.5 Å². The molecule has 1 aromatic carbocycles. The minimum Gasteiger partial charge on any atom is -0.384 e. The number of amides is 1. The number of benzene rings is 1. The number of hydrogen-bond acceptors (Lipinski definition) is 4. The lowest BCUT2D eigenvalue weighted by Gasteiger charge is -2.24. The summed E-state index contributed by atoms with van der Waals surface area (Å²) in [6.07, 6.45) is 6.13. The quantitative estimate of drug-likeness (QED) is 0.814. The van der Waals surface area contributed by atoms with E-state index in [1.807, 2.05) is 0 Å². The van der Waals surface area contributed by atoms with Crippen LogP contribution in [0.25, 0.3) is 0 Å². The van der Waals surface area contributed by atoms with Gasteiger partial charge in [0.2, 0.25) is 0 Å². The second-order valence-corrected chi connectivity index (χ2v) is 6.60. The average molecular weight is 338 g/mol. The molecule has 25 heavy (non-hydrogen) atoms. The van der Waals surface area contributed by atoms with Gasteiger partial charge in [-0.1, -0.05) is 30.3 Å². The van der Waals surface area contributed by atoms with Crippen LogP contribution >= 0.6 is 0 Å². The Balaban J connectivity index is 1.43. The van der Waals surface area contributed by atoms with Crippen molar-refractivity contribution in [3.8, 4) is 0 Å². The Bertz CT molecular complexity index is 672. The van der Waals surface area contributed by atoms with Crippen LogP contribution in [0.4, 0.5) is 5.82 Å². The maximum Gasteiger partial charge on any atom is 0.252 e. The third kappa shape index (κ3) is 5.03. The molecule has 3 N–H and O–H groups in total. The summed E-state index contributed by atoms with van der Waals surface area (Å²) < 4.78 is 0. The standard InChI is InChI=1S/C20H26N4O/c21-19-11-10-17(14-22-19)20(25)23-15-18-9-5-13-24(18)12-4-8-16-6-2-1-3-7-16/h1-3,6-7,10-11,14,18H,4-5,8-9,12-13,15H2,(H2,21,22)(H,23,25). The van der Waals surface area contributed by atoms with Gasteiger partial charge >= 0.3 is 0 Å². The lowest BCUT2D eigenvalue weighted by Crippen LogP contribution is -2.40. The van der Waals surface area contributed by atoms with Crippen molar-refractivity contribution < 1.29 is 4.79 Å². The highest BCUT2D eigenvalue weighted by Gasteiger charge is 2.24. The summed E-state index contributed by atoms with van der Waals surface area (Å²) in [4.78, 5) is 18.7. The highest BCUT2D eigenvalue weighted by Crippen LogP contribution is 2.17. The first-order chi connectivity index (χ1) is 12.2. The minimum atomic E-state index is -0.0800. The van der Waals surface area contributed by atoms with Crippen molar-refractivity contribution in [1.29, 1.82) is 0 Å². The van der Waals surface area contributed by atoms with Crippen molar-refractivity contribution in [1.82, 2.24) is 15.2 Å². The molecule has 132 valence electrons. The van der Waals surface area contributed by atoms with Gasteiger partial charge in [0, 0.05) is 18.8 Å². The Morgan fingerprint density at radius 2 is 2.08 bits per heavy atom. The Kier molecular flexibility index (Phi) is 6.01. The molecule has 1 aromatic heterocycles. The fourth-order valence-electron chi connectivity index (χ4n) is 3.40. The number of pyridine rings is 1. The minimum absolute atomic E-state index is 0.0800. The van der Waals surface area contributed by atoms with Crippen molar-refractivity contribution in [2.45, 2.75) is 31.7 Å². The van der Waals surface area contributed by atoms with Crippen molar-refractivity contribution in [3.63, 3.8) is 0 Å². The second kappa shape index (κ2) is 8.62. The van der Waals surface area contributed by atoms with Gasteiger partial charge in [0.25, 0.3) is 5.91 Å². The molecule has 2 heterocycles. The molecular formula is C20H26N4O. The van der Waals surface area contributed by atoms with Gasteiger partial charge in [0.05, 0.1) is 5.56 Å². The van der Waals surface area contributed by atoms with Crippen LogP contribution in [0.2, 0.25) is 0 Å². The summed E-state index contributed by atoms with van der Waals surface area (Å²) in [6.45, 7) is 2.89. The molecule has 1 amide bonds. The molecule has 1 aliphatic rings. The fraction of sp³-hybridized carbons (Fsp3) is 0.400. The molecule has 5 heteroatoms. The van der Waals surface area contributed by atoms with Gasteiger partial charge in [-0.3, -0.25) is 9.69 Å². The molecule has 0 spiro atoms. The third-order valence-electron chi connectivity index (χ3n) is 4.80. The van der Waals surface area contributed by atoms with Crippen molar-refractivity contribution in [3.05, 3.63) is 59.8 Å². The predicted molar refractivity (Wildman–Crippen MR) is 100 cm³/mol. The number of nitrogens with two attached hydrogens (primary N) is 1. The second-order valence-electron chi connectivity index (χ2n) is 6.60. The van der Waals surface area contributed by atoms with Crippen LogP contribution in [-0.2, 0) is 6.42 Å². The van der Waals surface area contributed by atoms with E-state index < -0.39 is 0 Å². The number of nitrogen functional groups attached to an aromatic ring is 1. The first-order valence-electron chi connectivity index (χ1n) is 9.00. The lowest BCUT2D eigenvalue weighted by atomic mass is 10.1. The van der Waals surface area contributed by atoms with Gasteiger partial charge in [0.15, 0.2) is 0 Å². The van der Waals surface area contributed by atoms with Crippen LogP contribution in [0, 0.1) is 0 Å². The van der Waals surface area contributed by atoms with Crippen molar-refractivity contribution in [2.24, 2.45) is 0 Å². The van der Waals surface area contributed by atoms with Gasteiger partial charge in [-0.05, 0) is 56.5 Å². The summed E-state index contributed by atoms with van der Waals surface area (Å²) in [6, 6.07) is 14.4. The first-order valence-corrected chi connectivity index (χ1v) is 9.00. The predicted octanol–water partition coefficient (Wildman–Crippen LogP) is 2.49. The van der Waals surface area contributed by atoms with Crippen LogP contribution in [0.5, 0.6) is 0 Å². The zero-order valence-corrected chi connectivity index (χ0v) is 14.5. The number of carbonyl (C=O) groups is 1. The van der Waals surface area contributed by atoms with Crippen molar-refractivity contribution in [2.75, 3.05) is 25.4 Å². The summed E-state index contributed by atoms with van der Waals surface area (Å²) in [5, 5.41) is 3.04. The average Bonchev–Trinajstić information content (AvgIpc) is 3.08. The molecule has 1 saturated heterocycles. The molecule has 0 bridgehead atoms. The Morgan fingerprint density at radius 3 is 2.84 bits per heavy atom. The van der Waals surface area contributed by atoms with Gasteiger partial charge in [-0.25, -0.2) is 4.98 Å². The monoisotopic (exact) mass is 338 g/mol. The smallest absolute Gasteiger partial charge is 0.252 e. The summed E-state index contributed by atoms with van der Waals surface area (Å²) in [5.74, 6) is 0.348. The van der Waals surface area contributed by atoms with Crippen LogP contribution in [0.15, 0.2) is 48.7 Å². The number of nitrogens with one attached hydrogen (secondary N) is 1. The van der Waals surface area contributed by atoms with E-state index in [1.165, 1.54) is 18.2 Å². The van der Waals surface area contributed by atoms with E-state index in [4.69, 9.17) is 5.73 Å². The number of anilines is 1. The zero-order chi connectivity index (χ0) is 17.5. The van der Waals surface area contributed by atoms with E-state index in [1.54, 1.807) is 12.1 Å². The lowest BCUT2D eigenvalue weighted by molar-refractivity contribution is 0.0940. The highest BCUT2D eigenvalue weighted by atomic mass is 16.1. The first kappa shape index (κ1) is 17.4. The van der Waals surface area contributed by atoms with Gasteiger partial charge in [-0.2, -0.15) is 0 Å². The van der Waals surface area contributed by atoms with E-state index in [0.717, 1.165) is 32.4 Å². The number of likely N-dealkylation sites (tertiary alicyclic amines) is 1. The van der Waals surface area contributed by atoms with Gasteiger partial charge in [-0.15, -0.1) is 0 Å². The van der Waals surface area contributed by atoms with Gasteiger partial charge < -0.3 is 11.1 Å². The van der Waals surface area contributed by atoms with Crippen molar-refractivity contribution >= 4 is 11.7 Å². The van der Waals surface area contributed by atoms with E-state index in [9.17, 15) is 4.79 Å². The molecule has 0 saturated carbocycles. The molecule has 1 unspecified atom stereocenters. The molecule has 0 aliphatic carbocycles. The van der Waals surface area contributed by atoms with Crippen LogP contribution in [0.1, 0.15) is 35.2 Å². The van der Waals surface area contributed by atoms with Crippen LogP contribution in [-0.4, -0.2) is 41.5 Å². The molecule has 2 aromatic rings. The highest BCUT2D eigenvalue weighted by molar-refractivity contribution is 5.94. The number of aryl methyl sites for hydroxylation is 1. The molecule has 1 aliphatic heterocycles. The number of aromatic nitrogens is 1. The molecule has 1 atom stereocenters. The fourth-order valence-corrected chi connectivity index (χ4v) is 3.40. The number of nitrogens with zero attached hydrogens (tertiary/aromatic N) is 2. The molecule has 0 radical (unpaired) electrons. The van der Waals surface area contributed by atoms with E-state index >= 15 is 0 Å². The summed E-state index contributed by atoms with van der Waals surface area (Å²) >= 11 is 0. The Morgan fingerprint density at radius 1 is 1.24 bits per heavy atom. The number of rotatable bonds is 7. The maximum atomic E-state index is 12.2. The number of hydrogen-bond donors (Lipinski definition) is 2. The normalized spacial score (nSPS) is 17.5.